The Morgan fingerprint density at radius 2 is 1.45 bits per heavy atom. The highest BCUT2D eigenvalue weighted by atomic mass is 35.5. The molecule has 16 heteroatoms. The number of hydrogen-bond acceptors (Lipinski definition) is 6. The van der Waals surface area contributed by atoms with E-state index in [-0.39, 0.29) is 34.1 Å². The highest BCUT2D eigenvalue weighted by molar-refractivity contribution is 7.89. The first kappa shape index (κ1) is 36.7. The van der Waals surface area contributed by atoms with Crippen LogP contribution in [-0.4, -0.2) is 66.7 Å². The lowest BCUT2D eigenvalue weighted by molar-refractivity contribution is -0.192. The summed E-state index contributed by atoms with van der Waals surface area (Å²) >= 11 is 5.92. The van der Waals surface area contributed by atoms with Crippen molar-refractivity contribution in [2.75, 3.05) is 0 Å². The molecule has 0 radical (unpaired) electrons. The number of fused-ring (bicyclic) bond motifs is 3. The summed E-state index contributed by atoms with van der Waals surface area (Å²) in [4.78, 5) is 24.0. The fourth-order valence-corrected chi connectivity index (χ4v) is 8.06. The van der Waals surface area contributed by atoms with Crippen molar-refractivity contribution in [1.29, 1.82) is 0 Å². The molecule has 3 aromatic rings. The van der Waals surface area contributed by atoms with Gasteiger partial charge >= 0.3 is 12.1 Å². The van der Waals surface area contributed by atoms with E-state index in [2.05, 4.69) is 4.72 Å². The Bertz CT molecular complexity index is 1770. The predicted molar refractivity (Wildman–Crippen MR) is 171 cm³/mol. The number of carboxylic acid groups (broad SMARTS) is 1. The molecule has 3 aliphatic rings. The number of carboxylic acids is 1. The number of benzene rings is 3. The van der Waals surface area contributed by atoms with E-state index in [1.165, 1.54) is 29.2 Å². The number of rotatable bonds is 8. The lowest BCUT2D eigenvalue weighted by atomic mass is 9.95. The minimum Gasteiger partial charge on any atom is -0.490 e. The molecular formula is C33H35ClF5N3O6S. The Morgan fingerprint density at radius 1 is 0.898 bits per heavy atom. The average Bonchev–Trinajstić information content (AvgIpc) is 3.64. The van der Waals surface area contributed by atoms with E-state index in [1.807, 2.05) is 6.07 Å². The number of piperidine rings is 1. The van der Waals surface area contributed by atoms with Crippen molar-refractivity contribution in [3.63, 3.8) is 0 Å². The van der Waals surface area contributed by atoms with Gasteiger partial charge in [-0.2, -0.15) is 26.7 Å². The molecule has 49 heavy (non-hydrogen) atoms. The van der Waals surface area contributed by atoms with Gasteiger partial charge in [-0.05, 0) is 98.5 Å². The van der Waals surface area contributed by atoms with Crippen LogP contribution in [0.1, 0.15) is 56.9 Å². The highest BCUT2D eigenvalue weighted by Crippen LogP contribution is 2.40. The van der Waals surface area contributed by atoms with Gasteiger partial charge in [-0.15, -0.1) is 0 Å². The van der Waals surface area contributed by atoms with Gasteiger partial charge in [0.05, 0.1) is 11.0 Å². The number of ether oxygens (including phenoxy) is 1. The van der Waals surface area contributed by atoms with Crippen molar-refractivity contribution in [2.45, 2.75) is 98.6 Å². The lowest BCUT2D eigenvalue weighted by Crippen LogP contribution is -2.60. The van der Waals surface area contributed by atoms with Gasteiger partial charge < -0.3 is 20.5 Å². The number of halogens is 6. The van der Waals surface area contributed by atoms with Crippen molar-refractivity contribution >= 4 is 44.3 Å². The number of amides is 1. The molecule has 1 saturated carbocycles. The monoisotopic (exact) mass is 731 g/mol. The van der Waals surface area contributed by atoms with E-state index < -0.39 is 45.6 Å². The Hall–Kier alpha value is -3.53. The fraction of sp³-hybridized carbons (Fsp3) is 0.455. The maximum absolute atomic E-state index is 16.2. The third-order valence-electron chi connectivity index (χ3n) is 9.08. The number of carbonyl (C=O) groups excluding carboxylic acids is 1. The molecule has 9 nitrogen and oxygen atoms in total. The minimum absolute atomic E-state index is 0.125. The van der Waals surface area contributed by atoms with E-state index >= 15 is 8.78 Å². The van der Waals surface area contributed by atoms with Crippen LogP contribution >= 0.6 is 11.6 Å². The van der Waals surface area contributed by atoms with Crippen molar-refractivity contribution < 1.29 is 49.8 Å². The van der Waals surface area contributed by atoms with Gasteiger partial charge in [0.1, 0.15) is 5.75 Å². The van der Waals surface area contributed by atoms with Crippen molar-refractivity contribution in [2.24, 2.45) is 5.73 Å². The summed E-state index contributed by atoms with van der Waals surface area (Å²) in [5.41, 5.74) is 5.63. The molecule has 2 bridgehead atoms. The standard InChI is InChI=1S/C31H34ClF2N3O4S.C2HF3O2/c32-22-9-7-21(8-10-22)31(33,34)29(30(38)37-24-11-12-25(37)18-23(35)17-24)36-42(39,40)28-14-6-19-15-27(13-5-20(19)16-28)41-26-3-1-2-4-26;3-2(4,5)1(6)7/h5-10,13-16,23-26,29,36H,1-4,11-12,17-18,35H2;(H,6,7)/t23?,24?,25?,29-;/m1./s1. The second kappa shape index (κ2) is 14.4. The van der Waals surface area contributed by atoms with E-state index in [0.717, 1.165) is 43.2 Å². The number of alkyl halides is 5. The van der Waals surface area contributed by atoms with Gasteiger partial charge in [-0.3, -0.25) is 4.79 Å². The Morgan fingerprint density at radius 3 is 2.02 bits per heavy atom. The first-order valence-electron chi connectivity index (χ1n) is 15.7. The Kier molecular flexibility index (Phi) is 10.8. The van der Waals surface area contributed by atoms with Crippen molar-refractivity contribution in [1.82, 2.24) is 9.62 Å². The molecule has 266 valence electrons. The maximum Gasteiger partial charge on any atom is 0.490 e. The second-order valence-corrected chi connectivity index (χ2v) is 14.7. The van der Waals surface area contributed by atoms with E-state index in [0.29, 0.717) is 36.8 Å². The summed E-state index contributed by atoms with van der Waals surface area (Å²) in [6, 6.07) is 11.5. The van der Waals surface area contributed by atoms with Crippen LogP contribution < -0.4 is 15.2 Å². The molecule has 2 saturated heterocycles. The molecule has 1 amide bonds. The van der Waals surface area contributed by atoms with Crippen LogP contribution in [0.4, 0.5) is 22.0 Å². The average molecular weight is 732 g/mol. The normalized spacial score (nSPS) is 22.0. The number of nitrogens with one attached hydrogen (secondary N) is 1. The molecule has 6 rings (SSSR count). The number of hydrogen-bond donors (Lipinski definition) is 3. The molecule has 3 atom stereocenters. The summed E-state index contributed by atoms with van der Waals surface area (Å²) < 4.78 is 99.5. The van der Waals surface area contributed by atoms with E-state index in [4.69, 9.17) is 32.0 Å². The first-order chi connectivity index (χ1) is 23.0. The fourth-order valence-electron chi connectivity index (χ4n) is 6.71. The van der Waals surface area contributed by atoms with Crippen LogP contribution in [0, 0.1) is 0 Å². The Balaban J connectivity index is 0.000000606. The number of nitrogens with zero attached hydrogens (tertiary/aromatic N) is 1. The Labute approximate surface area is 284 Å². The largest absolute Gasteiger partial charge is 0.490 e. The molecule has 4 N–H and O–H groups in total. The number of carbonyl (C=O) groups is 2. The molecule has 2 heterocycles. The third kappa shape index (κ3) is 8.44. The molecule has 3 fully saturated rings. The van der Waals surface area contributed by atoms with Crippen LogP contribution in [0.5, 0.6) is 5.75 Å². The third-order valence-corrected chi connectivity index (χ3v) is 10.7. The zero-order chi connectivity index (χ0) is 35.7. The van der Waals surface area contributed by atoms with Gasteiger partial charge in [0, 0.05) is 28.7 Å². The lowest BCUT2D eigenvalue weighted by Gasteiger charge is -2.41. The SMILES string of the molecule is NC1CC2CCC(C1)N2C(=O)[C@@H](NS(=O)(=O)c1ccc2cc(OC3CCCC3)ccc2c1)C(F)(F)c1ccc(Cl)cc1.O=C(O)C(F)(F)F. The smallest absolute Gasteiger partial charge is 0.490 e. The quantitative estimate of drug-likeness (QED) is 0.229. The minimum atomic E-state index is -5.08. The molecule has 2 aliphatic heterocycles. The van der Waals surface area contributed by atoms with Crippen molar-refractivity contribution in [3.8, 4) is 5.75 Å². The number of aliphatic carboxylic acids is 1. The van der Waals surface area contributed by atoms with E-state index in [9.17, 15) is 26.4 Å². The molecule has 3 aromatic carbocycles. The molecular weight excluding hydrogens is 697 g/mol. The van der Waals surface area contributed by atoms with Crippen LogP contribution in [0.25, 0.3) is 10.8 Å². The summed E-state index contributed by atoms with van der Waals surface area (Å²) in [5, 5.41) is 8.73. The molecule has 2 unspecified atom stereocenters. The van der Waals surface area contributed by atoms with Crippen LogP contribution in [0.15, 0.2) is 65.6 Å². The predicted octanol–water partition coefficient (Wildman–Crippen LogP) is 6.37. The highest BCUT2D eigenvalue weighted by Gasteiger charge is 2.53. The van der Waals surface area contributed by atoms with Gasteiger partial charge in [0.15, 0.2) is 6.04 Å². The summed E-state index contributed by atoms with van der Waals surface area (Å²) in [6.45, 7) is 0. The topological polar surface area (TPSA) is 139 Å². The molecule has 0 aromatic heterocycles. The van der Waals surface area contributed by atoms with Crippen LogP contribution in [-0.2, 0) is 25.5 Å². The van der Waals surface area contributed by atoms with Crippen molar-refractivity contribution in [3.05, 3.63) is 71.2 Å². The second-order valence-electron chi connectivity index (χ2n) is 12.5. The number of sulfonamides is 1. The van der Waals surface area contributed by atoms with Crippen LogP contribution in [0.2, 0.25) is 5.02 Å². The summed E-state index contributed by atoms with van der Waals surface area (Å²) in [5.74, 6) is -6.87. The first-order valence-corrected chi connectivity index (χ1v) is 17.6. The number of nitrogens with two attached hydrogens (primary N) is 1. The van der Waals surface area contributed by atoms with Gasteiger partial charge in [0.25, 0.3) is 5.92 Å². The maximum atomic E-state index is 16.2. The zero-order valence-electron chi connectivity index (χ0n) is 26.0. The van der Waals surface area contributed by atoms with Crippen LogP contribution in [0.3, 0.4) is 0 Å². The zero-order valence-corrected chi connectivity index (χ0v) is 27.6. The molecule has 1 aliphatic carbocycles. The molecule has 0 spiro atoms. The van der Waals surface area contributed by atoms with E-state index in [1.54, 1.807) is 18.2 Å². The van der Waals surface area contributed by atoms with Gasteiger partial charge in [0.2, 0.25) is 15.9 Å². The van der Waals surface area contributed by atoms with Gasteiger partial charge in [-0.1, -0.05) is 35.9 Å². The van der Waals surface area contributed by atoms with Gasteiger partial charge in [-0.25, -0.2) is 13.2 Å². The summed E-state index contributed by atoms with van der Waals surface area (Å²) in [7, 11) is -4.55. The summed E-state index contributed by atoms with van der Waals surface area (Å²) in [6.07, 6.45) is 1.66.